The summed E-state index contributed by atoms with van der Waals surface area (Å²) in [6.07, 6.45) is 0.984. The zero-order chi connectivity index (χ0) is 18.4. The highest BCUT2D eigenvalue weighted by atomic mass is 32.2. The van der Waals surface area contributed by atoms with E-state index in [1.54, 1.807) is 0 Å². The van der Waals surface area contributed by atoms with E-state index in [9.17, 15) is 17.6 Å². The van der Waals surface area contributed by atoms with E-state index in [4.69, 9.17) is 0 Å². The molecule has 7 heteroatoms. The summed E-state index contributed by atoms with van der Waals surface area (Å²) in [4.78, 5) is 12.2. The minimum absolute atomic E-state index is 0.0889. The SMILES string of the molecule is C[C@H](CNC(=O)CN(c1cccc(F)c1)S(C)(=O)=O)c1ccccc1. The van der Waals surface area contributed by atoms with Crippen molar-refractivity contribution in [2.45, 2.75) is 12.8 Å². The van der Waals surface area contributed by atoms with Crippen LogP contribution in [0.25, 0.3) is 0 Å². The molecule has 0 spiro atoms. The number of rotatable bonds is 7. The Labute approximate surface area is 147 Å². The fourth-order valence-electron chi connectivity index (χ4n) is 2.38. The number of sulfonamides is 1. The number of benzene rings is 2. The molecule has 1 atom stereocenters. The standard InChI is InChI=1S/C18H21FN2O3S/c1-14(15-7-4-3-5-8-15)12-20-18(22)13-21(25(2,23)24)17-10-6-9-16(19)11-17/h3-11,14H,12-13H2,1-2H3,(H,20,22)/t14-/m1/s1. The molecule has 0 unspecified atom stereocenters. The van der Waals surface area contributed by atoms with Crippen molar-refractivity contribution >= 4 is 21.6 Å². The Kier molecular flexibility index (Phi) is 6.14. The average molecular weight is 364 g/mol. The van der Waals surface area contributed by atoms with Gasteiger partial charge in [0.25, 0.3) is 0 Å². The molecule has 25 heavy (non-hydrogen) atoms. The predicted octanol–water partition coefficient (Wildman–Crippen LogP) is 2.51. The Hall–Kier alpha value is -2.41. The van der Waals surface area contributed by atoms with Crippen LogP contribution in [0.2, 0.25) is 0 Å². The van der Waals surface area contributed by atoms with Crippen molar-refractivity contribution in [2.75, 3.05) is 23.7 Å². The first-order valence-corrected chi connectivity index (χ1v) is 9.67. The molecule has 2 aromatic carbocycles. The molecular weight excluding hydrogens is 343 g/mol. The summed E-state index contributed by atoms with van der Waals surface area (Å²) >= 11 is 0. The first-order chi connectivity index (χ1) is 11.8. The quantitative estimate of drug-likeness (QED) is 0.821. The summed E-state index contributed by atoms with van der Waals surface area (Å²) in [7, 11) is -3.71. The summed E-state index contributed by atoms with van der Waals surface area (Å²) in [5.74, 6) is -0.923. The Morgan fingerprint density at radius 3 is 2.44 bits per heavy atom. The van der Waals surface area contributed by atoms with Gasteiger partial charge in [0, 0.05) is 6.54 Å². The number of carbonyl (C=O) groups excluding carboxylic acids is 1. The number of halogens is 1. The van der Waals surface area contributed by atoms with E-state index in [-0.39, 0.29) is 11.6 Å². The molecule has 0 saturated carbocycles. The molecule has 0 heterocycles. The van der Waals surface area contributed by atoms with Crippen LogP contribution in [0.4, 0.5) is 10.1 Å². The second kappa shape index (κ2) is 8.11. The summed E-state index contributed by atoms with van der Waals surface area (Å²) in [6, 6.07) is 14.8. The van der Waals surface area contributed by atoms with Gasteiger partial charge in [0.15, 0.2) is 0 Å². The number of nitrogens with one attached hydrogen (secondary N) is 1. The van der Waals surface area contributed by atoms with Crippen LogP contribution in [0.1, 0.15) is 18.4 Å². The number of hydrogen-bond donors (Lipinski definition) is 1. The summed E-state index contributed by atoms with van der Waals surface area (Å²) < 4.78 is 38.2. The van der Waals surface area contributed by atoms with Gasteiger partial charge in [-0.25, -0.2) is 12.8 Å². The molecule has 0 aliphatic heterocycles. The third-order valence-corrected chi connectivity index (χ3v) is 4.90. The van der Waals surface area contributed by atoms with Gasteiger partial charge in [-0.3, -0.25) is 9.10 Å². The number of anilines is 1. The fourth-order valence-corrected chi connectivity index (χ4v) is 3.23. The van der Waals surface area contributed by atoms with Crippen LogP contribution in [0.5, 0.6) is 0 Å². The average Bonchev–Trinajstić information content (AvgIpc) is 2.57. The lowest BCUT2D eigenvalue weighted by molar-refractivity contribution is -0.119. The molecule has 2 aromatic rings. The van der Waals surface area contributed by atoms with Gasteiger partial charge < -0.3 is 5.32 Å². The largest absolute Gasteiger partial charge is 0.354 e. The van der Waals surface area contributed by atoms with Crippen molar-refractivity contribution < 1.29 is 17.6 Å². The smallest absolute Gasteiger partial charge is 0.240 e. The molecule has 1 N–H and O–H groups in total. The normalized spacial score (nSPS) is 12.4. The molecule has 0 radical (unpaired) electrons. The summed E-state index contributed by atoms with van der Waals surface area (Å²) in [6.45, 7) is 1.95. The van der Waals surface area contributed by atoms with Crippen LogP contribution in [0, 0.1) is 5.82 Å². The highest BCUT2D eigenvalue weighted by molar-refractivity contribution is 7.92. The van der Waals surface area contributed by atoms with Gasteiger partial charge in [-0.1, -0.05) is 43.3 Å². The lowest BCUT2D eigenvalue weighted by atomic mass is 10.0. The van der Waals surface area contributed by atoms with Crippen molar-refractivity contribution in [2.24, 2.45) is 0 Å². The van der Waals surface area contributed by atoms with Gasteiger partial charge in [0.05, 0.1) is 11.9 Å². The number of carbonyl (C=O) groups is 1. The highest BCUT2D eigenvalue weighted by Crippen LogP contribution is 2.18. The lowest BCUT2D eigenvalue weighted by Gasteiger charge is -2.22. The molecule has 134 valence electrons. The molecule has 1 amide bonds. The van der Waals surface area contributed by atoms with E-state index in [1.165, 1.54) is 18.2 Å². The van der Waals surface area contributed by atoms with E-state index in [1.807, 2.05) is 37.3 Å². The maximum atomic E-state index is 13.4. The lowest BCUT2D eigenvalue weighted by Crippen LogP contribution is -2.41. The number of hydrogen-bond acceptors (Lipinski definition) is 3. The molecule has 0 fully saturated rings. The predicted molar refractivity (Wildman–Crippen MR) is 96.5 cm³/mol. The topological polar surface area (TPSA) is 66.5 Å². The van der Waals surface area contributed by atoms with Crippen LogP contribution in [0.15, 0.2) is 54.6 Å². The third-order valence-electron chi connectivity index (χ3n) is 3.76. The van der Waals surface area contributed by atoms with Crippen LogP contribution in [-0.4, -0.2) is 33.7 Å². The van der Waals surface area contributed by atoms with Crippen LogP contribution >= 0.6 is 0 Å². The van der Waals surface area contributed by atoms with Gasteiger partial charge in [-0.05, 0) is 29.7 Å². The van der Waals surface area contributed by atoms with Crippen LogP contribution < -0.4 is 9.62 Å². The Morgan fingerprint density at radius 1 is 1.16 bits per heavy atom. The molecule has 5 nitrogen and oxygen atoms in total. The third kappa shape index (κ3) is 5.56. The monoisotopic (exact) mass is 364 g/mol. The van der Waals surface area contributed by atoms with Gasteiger partial charge in [0.2, 0.25) is 15.9 Å². The highest BCUT2D eigenvalue weighted by Gasteiger charge is 2.21. The number of nitrogens with zero attached hydrogens (tertiary/aromatic N) is 1. The van der Waals surface area contributed by atoms with Crippen LogP contribution in [0.3, 0.4) is 0 Å². The van der Waals surface area contributed by atoms with E-state index >= 15 is 0 Å². The van der Waals surface area contributed by atoms with Gasteiger partial charge in [-0.2, -0.15) is 0 Å². The molecule has 2 rings (SSSR count). The van der Waals surface area contributed by atoms with Gasteiger partial charge in [0.1, 0.15) is 12.4 Å². The minimum atomic E-state index is -3.71. The second-order valence-electron chi connectivity index (χ2n) is 5.87. The van der Waals surface area contributed by atoms with Crippen molar-refractivity contribution in [3.05, 3.63) is 66.0 Å². The van der Waals surface area contributed by atoms with E-state index in [0.29, 0.717) is 6.54 Å². The van der Waals surface area contributed by atoms with Crippen molar-refractivity contribution in [3.63, 3.8) is 0 Å². The van der Waals surface area contributed by atoms with Crippen LogP contribution in [-0.2, 0) is 14.8 Å². The molecule has 0 aliphatic rings. The molecule has 0 aromatic heterocycles. The second-order valence-corrected chi connectivity index (χ2v) is 7.77. The van der Waals surface area contributed by atoms with E-state index in [0.717, 1.165) is 22.2 Å². The van der Waals surface area contributed by atoms with Crippen molar-refractivity contribution in [1.82, 2.24) is 5.32 Å². The molecule has 0 bridgehead atoms. The first-order valence-electron chi connectivity index (χ1n) is 7.82. The minimum Gasteiger partial charge on any atom is -0.354 e. The number of amides is 1. The van der Waals surface area contributed by atoms with Gasteiger partial charge >= 0.3 is 0 Å². The Morgan fingerprint density at radius 2 is 1.84 bits per heavy atom. The Bertz CT molecular complexity index is 825. The fraction of sp³-hybridized carbons (Fsp3) is 0.278. The summed E-state index contributed by atoms with van der Waals surface area (Å²) in [5, 5.41) is 2.73. The van der Waals surface area contributed by atoms with Gasteiger partial charge in [-0.15, -0.1) is 0 Å². The van der Waals surface area contributed by atoms with E-state index < -0.39 is 28.3 Å². The van der Waals surface area contributed by atoms with Crippen molar-refractivity contribution in [3.8, 4) is 0 Å². The zero-order valence-electron chi connectivity index (χ0n) is 14.1. The maximum Gasteiger partial charge on any atom is 0.240 e. The molecular formula is C18H21FN2O3S. The summed E-state index contributed by atoms with van der Waals surface area (Å²) in [5.41, 5.74) is 1.20. The Balaban J connectivity index is 2.03. The first kappa shape index (κ1) is 18.9. The maximum absolute atomic E-state index is 13.4. The zero-order valence-corrected chi connectivity index (χ0v) is 15.0. The molecule has 0 saturated heterocycles. The van der Waals surface area contributed by atoms with E-state index in [2.05, 4.69) is 5.32 Å². The molecule has 0 aliphatic carbocycles. The van der Waals surface area contributed by atoms with Crippen molar-refractivity contribution in [1.29, 1.82) is 0 Å².